The van der Waals surface area contributed by atoms with E-state index >= 15 is 0 Å². The molecule has 2 nitrogen and oxygen atoms in total. The summed E-state index contributed by atoms with van der Waals surface area (Å²) in [6.45, 7) is 5.15. The minimum Gasteiger partial charge on any atom is -0.380 e. The SMILES string of the molecule is Cc1nc2c(s1)CNc1c(C)cccc1C2. The molecule has 0 atom stereocenters. The molecule has 0 radical (unpaired) electrons. The summed E-state index contributed by atoms with van der Waals surface area (Å²) in [7, 11) is 0. The first-order valence-electron chi connectivity index (χ1n) is 5.51. The Morgan fingerprint density at radius 1 is 1.31 bits per heavy atom. The average Bonchev–Trinajstić information content (AvgIpc) is 2.49. The van der Waals surface area contributed by atoms with Gasteiger partial charge in [-0.3, -0.25) is 0 Å². The third-order valence-electron chi connectivity index (χ3n) is 3.03. The van der Waals surface area contributed by atoms with Crippen LogP contribution in [0.4, 0.5) is 5.69 Å². The molecule has 1 aromatic carbocycles. The van der Waals surface area contributed by atoms with Crippen LogP contribution in [0.25, 0.3) is 0 Å². The Labute approximate surface area is 99.4 Å². The number of anilines is 1. The first-order chi connectivity index (χ1) is 7.74. The summed E-state index contributed by atoms with van der Waals surface area (Å²) in [6, 6.07) is 6.48. The van der Waals surface area contributed by atoms with Crippen molar-refractivity contribution in [1.29, 1.82) is 0 Å². The van der Waals surface area contributed by atoms with Crippen molar-refractivity contribution >= 4 is 17.0 Å². The number of hydrogen-bond donors (Lipinski definition) is 1. The zero-order chi connectivity index (χ0) is 11.1. The topological polar surface area (TPSA) is 24.9 Å². The lowest BCUT2D eigenvalue weighted by molar-refractivity contribution is 1.07. The average molecular weight is 230 g/mol. The van der Waals surface area contributed by atoms with Gasteiger partial charge in [-0.05, 0) is 25.0 Å². The number of aromatic nitrogens is 1. The van der Waals surface area contributed by atoms with Crippen LogP contribution in [0.1, 0.15) is 26.7 Å². The van der Waals surface area contributed by atoms with Gasteiger partial charge >= 0.3 is 0 Å². The fourth-order valence-corrected chi connectivity index (χ4v) is 3.16. The number of thiazole rings is 1. The predicted molar refractivity (Wildman–Crippen MR) is 68.2 cm³/mol. The van der Waals surface area contributed by atoms with E-state index in [1.807, 2.05) is 0 Å². The van der Waals surface area contributed by atoms with Crippen LogP contribution < -0.4 is 5.32 Å². The second-order valence-corrected chi connectivity index (χ2v) is 5.53. The predicted octanol–water partition coefficient (Wildman–Crippen LogP) is 3.28. The molecule has 3 rings (SSSR count). The molecule has 0 saturated heterocycles. The Morgan fingerprint density at radius 3 is 3.06 bits per heavy atom. The Hall–Kier alpha value is -1.35. The van der Waals surface area contributed by atoms with Crippen molar-refractivity contribution in [3.05, 3.63) is 44.9 Å². The van der Waals surface area contributed by atoms with Crippen LogP contribution in [0.2, 0.25) is 0 Å². The van der Waals surface area contributed by atoms with Crippen molar-refractivity contribution in [1.82, 2.24) is 4.98 Å². The number of benzene rings is 1. The molecular weight excluding hydrogens is 216 g/mol. The number of aryl methyl sites for hydroxylation is 2. The molecule has 3 heteroatoms. The highest BCUT2D eigenvalue weighted by Gasteiger charge is 2.16. The highest BCUT2D eigenvalue weighted by molar-refractivity contribution is 7.11. The van der Waals surface area contributed by atoms with Gasteiger partial charge in [-0.1, -0.05) is 18.2 Å². The third-order valence-corrected chi connectivity index (χ3v) is 4.04. The van der Waals surface area contributed by atoms with E-state index in [1.54, 1.807) is 11.3 Å². The lowest BCUT2D eigenvalue weighted by Gasteiger charge is -2.10. The molecule has 1 aliphatic heterocycles. The molecule has 2 heterocycles. The summed E-state index contributed by atoms with van der Waals surface area (Å²) < 4.78 is 0. The molecule has 0 aliphatic carbocycles. The minimum atomic E-state index is 0.915. The van der Waals surface area contributed by atoms with Crippen LogP contribution >= 0.6 is 11.3 Å². The Bertz CT molecular complexity index is 543. The molecule has 1 N–H and O–H groups in total. The summed E-state index contributed by atoms with van der Waals surface area (Å²) in [5.74, 6) is 0. The van der Waals surface area contributed by atoms with Gasteiger partial charge in [0.05, 0.1) is 17.2 Å². The molecule has 0 bridgehead atoms. The summed E-state index contributed by atoms with van der Waals surface area (Å²) in [6.07, 6.45) is 0.962. The molecule has 0 unspecified atom stereocenters. The smallest absolute Gasteiger partial charge is 0.0901 e. The fraction of sp³-hybridized carbons (Fsp3) is 0.308. The lowest BCUT2D eigenvalue weighted by Crippen LogP contribution is -1.99. The third kappa shape index (κ3) is 1.52. The van der Waals surface area contributed by atoms with Crippen molar-refractivity contribution in [3.8, 4) is 0 Å². The van der Waals surface area contributed by atoms with Gasteiger partial charge in [-0.15, -0.1) is 11.3 Å². The van der Waals surface area contributed by atoms with Crippen LogP contribution in [-0.2, 0) is 13.0 Å². The first kappa shape index (κ1) is 9.85. The van der Waals surface area contributed by atoms with Crippen molar-refractivity contribution in [2.75, 3.05) is 5.32 Å². The Balaban J connectivity index is 2.10. The van der Waals surface area contributed by atoms with Gasteiger partial charge in [0, 0.05) is 17.0 Å². The van der Waals surface area contributed by atoms with Gasteiger partial charge in [0.25, 0.3) is 0 Å². The van der Waals surface area contributed by atoms with Crippen molar-refractivity contribution < 1.29 is 0 Å². The molecule has 2 aromatic rings. The van der Waals surface area contributed by atoms with Gasteiger partial charge in [-0.25, -0.2) is 4.98 Å². The number of para-hydroxylation sites is 1. The maximum atomic E-state index is 4.62. The molecule has 1 aromatic heterocycles. The molecule has 0 spiro atoms. The highest BCUT2D eigenvalue weighted by atomic mass is 32.1. The van der Waals surface area contributed by atoms with Crippen LogP contribution in [0.3, 0.4) is 0 Å². The number of nitrogens with zero attached hydrogens (tertiary/aromatic N) is 1. The van der Waals surface area contributed by atoms with Gasteiger partial charge < -0.3 is 5.32 Å². The van der Waals surface area contributed by atoms with E-state index in [-0.39, 0.29) is 0 Å². The van der Waals surface area contributed by atoms with E-state index in [0.717, 1.165) is 13.0 Å². The standard InChI is InChI=1S/C13H14N2S/c1-8-4-3-5-10-6-11-12(7-14-13(8)10)16-9(2)15-11/h3-5,14H,6-7H2,1-2H3. The molecule has 82 valence electrons. The summed E-state index contributed by atoms with van der Waals surface area (Å²) in [4.78, 5) is 6.00. The maximum absolute atomic E-state index is 4.62. The molecule has 0 fully saturated rings. The van der Waals surface area contributed by atoms with Crippen LogP contribution in [0, 0.1) is 13.8 Å². The van der Waals surface area contributed by atoms with E-state index in [1.165, 1.54) is 32.4 Å². The van der Waals surface area contributed by atoms with Crippen LogP contribution in [-0.4, -0.2) is 4.98 Å². The van der Waals surface area contributed by atoms with Crippen molar-refractivity contribution in [2.24, 2.45) is 0 Å². The molecule has 16 heavy (non-hydrogen) atoms. The maximum Gasteiger partial charge on any atom is 0.0901 e. The number of fused-ring (bicyclic) bond motifs is 2. The van der Waals surface area contributed by atoms with Gasteiger partial charge in [0.2, 0.25) is 0 Å². The summed E-state index contributed by atoms with van der Waals surface area (Å²) in [5.41, 5.74) is 5.23. The zero-order valence-electron chi connectivity index (χ0n) is 9.50. The van der Waals surface area contributed by atoms with Gasteiger partial charge in [-0.2, -0.15) is 0 Å². The summed E-state index contributed by atoms with van der Waals surface area (Å²) >= 11 is 1.81. The van der Waals surface area contributed by atoms with Crippen molar-refractivity contribution in [3.63, 3.8) is 0 Å². The van der Waals surface area contributed by atoms with E-state index < -0.39 is 0 Å². The monoisotopic (exact) mass is 230 g/mol. The van der Waals surface area contributed by atoms with Gasteiger partial charge in [0.15, 0.2) is 0 Å². The molecule has 0 amide bonds. The van der Waals surface area contributed by atoms with Crippen LogP contribution in [0.15, 0.2) is 18.2 Å². The quantitative estimate of drug-likeness (QED) is 0.751. The molecule has 0 saturated carbocycles. The zero-order valence-corrected chi connectivity index (χ0v) is 10.3. The second kappa shape index (κ2) is 3.59. The fourth-order valence-electron chi connectivity index (χ4n) is 2.27. The minimum absolute atomic E-state index is 0.915. The number of hydrogen-bond acceptors (Lipinski definition) is 3. The number of rotatable bonds is 0. The summed E-state index contributed by atoms with van der Waals surface area (Å²) in [5, 5.41) is 4.70. The highest BCUT2D eigenvalue weighted by Crippen LogP contribution is 2.30. The normalized spacial score (nSPS) is 13.6. The largest absolute Gasteiger partial charge is 0.380 e. The lowest BCUT2D eigenvalue weighted by atomic mass is 10.0. The van der Waals surface area contributed by atoms with Crippen molar-refractivity contribution in [2.45, 2.75) is 26.8 Å². The van der Waals surface area contributed by atoms with E-state index in [2.05, 4.69) is 42.3 Å². The van der Waals surface area contributed by atoms with E-state index in [0.29, 0.717) is 0 Å². The molecular formula is C13H14N2S. The van der Waals surface area contributed by atoms with Crippen LogP contribution in [0.5, 0.6) is 0 Å². The number of nitrogens with one attached hydrogen (secondary N) is 1. The first-order valence-corrected chi connectivity index (χ1v) is 6.33. The Kier molecular flexibility index (Phi) is 2.21. The second-order valence-electron chi connectivity index (χ2n) is 4.24. The molecule has 1 aliphatic rings. The van der Waals surface area contributed by atoms with E-state index in [4.69, 9.17) is 0 Å². The van der Waals surface area contributed by atoms with E-state index in [9.17, 15) is 0 Å². The van der Waals surface area contributed by atoms with Gasteiger partial charge in [0.1, 0.15) is 0 Å². The Morgan fingerprint density at radius 2 is 2.19 bits per heavy atom.